The molecule has 3 saturated heterocycles. The second-order valence-electron chi connectivity index (χ2n) is 9.68. The minimum absolute atomic E-state index is 0.0164. The van der Waals surface area contributed by atoms with E-state index in [2.05, 4.69) is 48.3 Å². The van der Waals surface area contributed by atoms with Gasteiger partial charge in [-0.2, -0.15) is 0 Å². The van der Waals surface area contributed by atoms with Crippen molar-refractivity contribution in [2.45, 2.75) is 50.7 Å². The topological polar surface area (TPSA) is 41.6 Å². The highest BCUT2D eigenvalue weighted by atomic mass is 35.5. The number of nitrogens with zero attached hydrogens (tertiary/aromatic N) is 1. The molecule has 5 heteroatoms. The van der Waals surface area contributed by atoms with Gasteiger partial charge < -0.3 is 10.1 Å². The maximum absolute atomic E-state index is 12.7. The van der Waals surface area contributed by atoms with Crippen LogP contribution in [0.3, 0.4) is 0 Å². The van der Waals surface area contributed by atoms with Crippen LogP contribution in [0.2, 0.25) is 5.02 Å². The Hall–Kier alpha value is -2.04. The number of ether oxygens (including phenoxy) is 1. The lowest BCUT2D eigenvalue weighted by molar-refractivity contribution is -0.0339. The summed E-state index contributed by atoms with van der Waals surface area (Å²) in [6, 6.07) is 14.5. The van der Waals surface area contributed by atoms with Crippen LogP contribution in [0.1, 0.15) is 50.3 Å². The zero-order chi connectivity index (χ0) is 20.9. The third kappa shape index (κ3) is 3.72. The summed E-state index contributed by atoms with van der Waals surface area (Å²) in [5, 5.41) is 3.90. The van der Waals surface area contributed by atoms with Crippen molar-refractivity contribution in [2.24, 2.45) is 5.92 Å². The number of halogens is 1. The lowest BCUT2D eigenvalue weighted by Crippen LogP contribution is -2.52. The Labute approximate surface area is 183 Å². The number of piperidine rings is 3. The highest BCUT2D eigenvalue weighted by Crippen LogP contribution is 2.46. The van der Waals surface area contributed by atoms with Crippen LogP contribution in [0.4, 0.5) is 4.79 Å². The Morgan fingerprint density at radius 2 is 1.90 bits per heavy atom. The number of fused-ring (bicyclic) bond motifs is 4. The molecule has 6 rings (SSSR count). The molecule has 3 fully saturated rings. The second kappa shape index (κ2) is 7.58. The fraction of sp³-hybridized carbons (Fsp3) is 0.480. The summed E-state index contributed by atoms with van der Waals surface area (Å²) in [5.74, 6) is 0.522. The molecule has 2 aromatic carbocycles. The van der Waals surface area contributed by atoms with Crippen molar-refractivity contribution in [3.05, 3.63) is 58.6 Å². The molecule has 2 atom stereocenters. The molecule has 4 nitrogen and oxygen atoms in total. The number of carbonyl (C=O) groups excluding carboxylic acids is 1. The van der Waals surface area contributed by atoms with Crippen LogP contribution in [-0.2, 0) is 10.2 Å². The minimum atomic E-state index is -0.277. The van der Waals surface area contributed by atoms with Gasteiger partial charge in [-0.1, -0.05) is 55.8 Å². The van der Waals surface area contributed by atoms with Crippen LogP contribution in [0.15, 0.2) is 42.5 Å². The minimum Gasteiger partial charge on any atom is -0.445 e. The molecule has 1 unspecified atom stereocenters. The first kappa shape index (κ1) is 19.9. The van der Waals surface area contributed by atoms with E-state index < -0.39 is 0 Å². The summed E-state index contributed by atoms with van der Waals surface area (Å²) >= 11 is 6.19. The molecule has 3 heterocycles. The van der Waals surface area contributed by atoms with Gasteiger partial charge in [-0.15, -0.1) is 0 Å². The molecule has 0 aromatic heterocycles. The van der Waals surface area contributed by atoms with Gasteiger partial charge in [-0.05, 0) is 78.1 Å². The van der Waals surface area contributed by atoms with Crippen LogP contribution in [-0.4, -0.2) is 36.7 Å². The van der Waals surface area contributed by atoms with Crippen LogP contribution in [0.25, 0.3) is 11.1 Å². The number of carbonyl (C=O) groups is 1. The standard InChI is InChI=1S/C25H29ClN2O2/c1-25(2)14-22(27-24(29)30-23-15-28-10-8-16(23)9-11-28)20-7-6-18(13-21(20)25)17-4-3-5-19(26)12-17/h3-7,12-13,16,22-23H,8-11,14-15H2,1-2H3,(H,27,29)/t22?,23-/m1/s1. The highest BCUT2D eigenvalue weighted by Gasteiger charge is 2.40. The SMILES string of the molecule is CC1(C)CC(NC(=O)O[C@@H]2CN3CCC2CC3)c2ccc(-c3cccc(Cl)c3)cc21. The number of rotatable bonds is 3. The van der Waals surface area contributed by atoms with E-state index in [9.17, 15) is 4.79 Å². The molecule has 4 aliphatic rings. The van der Waals surface area contributed by atoms with Crippen LogP contribution < -0.4 is 5.32 Å². The summed E-state index contributed by atoms with van der Waals surface area (Å²) < 4.78 is 5.87. The van der Waals surface area contributed by atoms with E-state index >= 15 is 0 Å². The summed E-state index contributed by atoms with van der Waals surface area (Å²) in [5.41, 5.74) is 4.72. The number of hydrogen-bond donors (Lipinski definition) is 1. The zero-order valence-corrected chi connectivity index (χ0v) is 18.4. The second-order valence-corrected chi connectivity index (χ2v) is 10.1. The third-order valence-electron chi connectivity index (χ3n) is 7.18. The molecular formula is C25H29ClN2O2. The van der Waals surface area contributed by atoms with Gasteiger partial charge in [0.1, 0.15) is 6.10 Å². The average Bonchev–Trinajstić information content (AvgIpc) is 2.98. The molecule has 1 amide bonds. The van der Waals surface area contributed by atoms with E-state index in [1.807, 2.05) is 18.2 Å². The van der Waals surface area contributed by atoms with Crippen LogP contribution in [0.5, 0.6) is 0 Å². The van der Waals surface area contributed by atoms with Crippen molar-refractivity contribution in [3.63, 3.8) is 0 Å². The zero-order valence-electron chi connectivity index (χ0n) is 17.7. The Morgan fingerprint density at radius 3 is 2.60 bits per heavy atom. The van der Waals surface area contributed by atoms with Crippen molar-refractivity contribution < 1.29 is 9.53 Å². The molecule has 0 spiro atoms. The number of amides is 1. The first-order valence-electron chi connectivity index (χ1n) is 11.0. The summed E-state index contributed by atoms with van der Waals surface area (Å²) in [7, 11) is 0. The van der Waals surface area contributed by atoms with E-state index in [1.165, 1.54) is 11.1 Å². The molecule has 0 radical (unpaired) electrons. The molecule has 158 valence electrons. The normalized spacial score (nSPS) is 28.8. The monoisotopic (exact) mass is 424 g/mol. The molecule has 30 heavy (non-hydrogen) atoms. The fourth-order valence-corrected chi connectivity index (χ4v) is 5.70. The Kier molecular flexibility index (Phi) is 5.03. The van der Waals surface area contributed by atoms with Gasteiger partial charge in [-0.3, -0.25) is 4.90 Å². The van der Waals surface area contributed by atoms with Crippen molar-refractivity contribution in [1.29, 1.82) is 0 Å². The quantitative estimate of drug-likeness (QED) is 0.702. The molecule has 3 aliphatic heterocycles. The van der Waals surface area contributed by atoms with Gasteiger partial charge in [0, 0.05) is 11.6 Å². The van der Waals surface area contributed by atoms with Gasteiger partial charge in [0.15, 0.2) is 0 Å². The van der Waals surface area contributed by atoms with Gasteiger partial charge in [0.05, 0.1) is 6.04 Å². The first-order chi connectivity index (χ1) is 14.4. The maximum Gasteiger partial charge on any atom is 0.407 e. The third-order valence-corrected chi connectivity index (χ3v) is 7.41. The van der Waals surface area contributed by atoms with Gasteiger partial charge in [-0.25, -0.2) is 4.79 Å². The smallest absolute Gasteiger partial charge is 0.407 e. The van der Waals surface area contributed by atoms with Crippen molar-refractivity contribution in [1.82, 2.24) is 10.2 Å². The lowest BCUT2D eigenvalue weighted by atomic mass is 9.85. The Bertz CT molecular complexity index is 965. The molecule has 1 N–H and O–H groups in total. The van der Waals surface area contributed by atoms with Crippen molar-refractivity contribution >= 4 is 17.7 Å². The first-order valence-corrected chi connectivity index (χ1v) is 11.4. The van der Waals surface area contributed by atoms with Gasteiger partial charge in [0.2, 0.25) is 0 Å². The summed E-state index contributed by atoms with van der Waals surface area (Å²) in [4.78, 5) is 15.1. The highest BCUT2D eigenvalue weighted by molar-refractivity contribution is 6.30. The number of alkyl carbamates (subject to hydrolysis) is 1. The number of hydrogen-bond acceptors (Lipinski definition) is 3. The van der Waals surface area contributed by atoms with E-state index in [4.69, 9.17) is 16.3 Å². The van der Waals surface area contributed by atoms with Gasteiger partial charge in [0.25, 0.3) is 0 Å². The average molecular weight is 425 g/mol. The Balaban J connectivity index is 1.33. The predicted molar refractivity (Wildman–Crippen MR) is 120 cm³/mol. The van der Waals surface area contributed by atoms with Crippen molar-refractivity contribution in [3.8, 4) is 11.1 Å². The maximum atomic E-state index is 12.7. The van der Waals surface area contributed by atoms with E-state index in [1.54, 1.807) is 0 Å². The summed E-state index contributed by atoms with van der Waals surface area (Å²) in [6.07, 6.45) is 2.91. The van der Waals surface area contributed by atoms with Gasteiger partial charge >= 0.3 is 6.09 Å². The molecule has 0 saturated carbocycles. The number of benzene rings is 2. The summed E-state index contributed by atoms with van der Waals surface area (Å²) in [6.45, 7) is 7.66. The van der Waals surface area contributed by atoms with Crippen LogP contribution in [0, 0.1) is 5.92 Å². The molecule has 1 aliphatic carbocycles. The van der Waals surface area contributed by atoms with Crippen LogP contribution >= 0.6 is 11.6 Å². The van der Waals surface area contributed by atoms with E-state index in [0.717, 1.165) is 55.0 Å². The van der Waals surface area contributed by atoms with E-state index in [0.29, 0.717) is 5.92 Å². The molecular weight excluding hydrogens is 396 g/mol. The molecule has 2 aromatic rings. The lowest BCUT2D eigenvalue weighted by Gasteiger charge is -2.43. The predicted octanol–water partition coefficient (Wildman–Crippen LogP) is 5.55. The van der Waals surface area contributed by atoms with Crippen molar-refractivity contribution in [2.75, 3.05) is 19.6 Å². The Morgan fingerprint density at radius 1 is 1.13 bits per heavy atom. The molecule has 2 bridgehead atoms. The largest absolute Gasteiger partial charge is 0.445 e. The van der Waals surface area contributed by atoms with E-state index in [-0.39, 0.29) is 23.7 Å². The number of nitrogens with one attached hydrogen (secondary N) is 1. The fourth-order valence-electron chi connectivity index (χ4n) is 5.51.